The van der Waals surface area contributed by atoms with E-state index in [9.17, 15) is 8.42 Å². The van der Waals surface area contributed by atoms with E-state index in [2.05, 4.69) is 15.6 Å². The Hall–Kier alpha value is -1.27. The van der Waals surface area contributed by atoms with Gasteiger partial charge in [-0.2, -0.15) is 0 Å². The molecule has 0 unspecified atom stereocenters. The third-order valence-electron chi connectivity index (χ3n) is 3.46. The van der Waals surface area contributed by atoms with Gasteiger partial charge in [0.05, 0.1) is 10.5 Å². The number of rotatable bonds is 6. The van der Waals surface area contributed by atoms with Crippen molar-refractivity contribution in [1.29, 1.82) is 0 Å². The highest BCUT2D eigenvalue weighted by Crippen LogP contribution is 2.15. The molecular formula is C16H26ClN3O2S. The fourth-order valence-corrected chi connectivity index (χ4v) is 3.06. The van der Waals surface area contributed by atoms with Gasteiger partial charge in [0.1, 0.15) is 0 Å². The summed E-state index contributed by atoms with van der Waals surface area (Å²) in [5.41, 5.74) is 1.06. The minimum absolute atomic E-state index is 0.0711. The van der Waals surface area contributed by atoms with Crippen LogP contribution >= 0.6 is 11.6 Å². The number of aliphatic imine (C=N–C) groups is 1. The number of nitrogens with one attached hydrogen (secondary N) is 2. The highest BCUT2D eigenvalue weighted by Gasteiger charge is 2.28. The lowest BCUT2D eigenvalue weighted by atomic mass is 10.1. The molecule has 130 valence electrons. The van der Waals surface area contributed by atoms with Crippen molar-refractivity contribution in [3.63, 3.8) is 0 Å². The minimum Gasteiger partial charge on any atom is -0.356 e. The molecule has 0 heterocycles. The first-order valence-electron chi connectivity index (χ1n) is 7.57. The molecule has 0 spiro atoms. The van der Waals surface area contributed by atoms with Gasteiger partial charge in [-0.05, 0) is 38.8 Å². The molecule has 0 fully saturated rings. The fraction of sp³-hybridized carbons (Fsp3) is 0.562. The van der Waals surface area contributed by atoms with E-state index in [1.54, 1.807) is 27.8 Å². The van der Waals surface area contributed by atoms with Gasteiger partial charge in [-0.25, -0.2) is 8.42 Å². The van der Waals surface area contributed by atoms with E-state index in [1.165, 1.54) is 0 Å². The van der Waals surface area contributed by atoms with Gasteiger partial charge in [0.2, 0.25) is 0 Å². The molecule has 1 aromatic rings. The topological polar surface area (TPSA) is 70.6 Å². The van der Waals surface area contributed by atoms with Crippen LogP contribution in [-0.4, -0.2) is 45.0 Å². The monoisotopic (exact) mass is 359 g/mol. The molecule has 0 saturated heterocycles. The van der Waals surface area contributed by atoms with E-state index in [0.717, 1.165) is 17.0 Å². The van der Waals surface area contributed by atoms with Gasteiger partial charge in [0.15, 0.2) is 15.8 Å². The summed E-state index contributed by atoms with van der Waals surface area (Å²) >= 11 is 6.11. The van der Waals surface area contributed by atoms with Crippen molar-refractivity contribution in [1.82, 2.24) is 10.6 Å². The molecule has 5 nitrogen and oxygen atoms in total. The SMILES string of the molecule is CN=C(NCCc1ccccc1Cl)NCCS(=O)(=O)C(C)(C)C. The number of hydrogen-bond acceptors (Lipinski definition) is 3. The van der Waals surface area contributed by atoms with Crippen molar-refractivity contribution in [2.75, 3.05) is 25.9 Å². The molecule has 0 aromatic heterocycles. The Morgan fingerprint density at radius 1 is 1.17 bits per heavy atom. The van der Waals surface area contributed by atoms with Crippen LogP contribution in [0.5, 0.6) is 0 Å². The summed E-state index contributed by atoms with van der Waals surface area (Å²) in [7, 11) is -1.48. The summed E-state index contributed by atoms with van der Waals surface area (Å²) in [6.45, 7) is 6.11. The predicted octanol–water partition coefficient (Wildman–Crippen LogP) is 2.26. The maximum atomic E-state index is 12.0. The molecule has 1 aromatic carbocycles. The van der Waals surface area contributed by atoms with Crippen LogP contribution in [0.4, 0.5) is 0 Å². The van der Waals surface area contributed by atoms with Crippen molar-refractivity contribution in [2.24, 2.45) is 4.99 Å². The second-order valence-corrected chi connectivity index (χ2v) is 9.47. The molecule has 0 atom stereocenters. The van der Waals surface area contributed by atoms with E-state index in [4.69, 9.17) is 11.6 Å². The first-order valence-corrected chi connectivity index (χ1v) is 9.60. The number of sulfone groups is 1. The van der Waals surface area contributed by atoms with Crippen molar-refractivity contribution in [2.45, 2.75) is 31.9 Å². The van der Waals surface area contributed by atoms with E-state index in [1.807, 2.05) is 24.3 Å². The van der Waals surface area contributed by atoms with Crippen LogP contribution in [0.2, 0.25) is 5.02 Å². The lowest BCUT2D eigenvalue weighted by Gasteiger charge is -2.19. The Bertz CT molecular complexity index is 637. The molecule has 1 rings (SSSR count). The molecule has 0 aliphatic heterocycles. The predicted molar refractivity (Wildman–Crippen MR) is 98.1 cm³/mol. The summed E-state index contributed by atoms with van der Waals surface area (Å²) in [5.74, 6) is 0.656. The van der Waals surface area contributed by atoms with Crippen molar-refractivity contribution < 1.29 is 8.42 Å². The number of guanidine groups is 1. The van der Waals surface area contributed by atoms with Gasteiger partial charge in [-0.15, -0.1) is 0 Å². The molecule has 2 N–H and O–H groups in total. The zero-order valence-corrected chi connectivity index (χ0v) is 15.8. The summed E-state index contributed by atoms with van der Waals surface area (Å²) in [5, 5.41) is 6.92. The maximum absolute atomic E-state index is 12.0. The molecule has 0 aliphatic carbocycles. The molecule has 0 bridgehead atoms. The molecule has 0 aliphatic rings. The molecule has 0 amide bonds. The van der Waals surface area contributed by atoms with Gasteiger partial charge in [0.25, 0.3) is 0 Å². The highest BCUT2D eigenvalue weighted by molar-refractivity contribution is 7.92. The summed E-state index contributed by atoms with van der Waals surface area (Å²) < 4.78 is 23.3. The Morgan fingerprint density at radius 3 is 2.35 bits per heavy atom. The summed E-state index contributed by atoms with van der Waals surface area (Å²) in [6.07, 6.45) is 0.765. The summed E-state index contributed by atoms with van der Waals surface area (Å²) in [4.78, 5) is 4.09. The van der Waals surface area contributed by atoms with Crippen LogP contribution < -0.4 is 10.6 Å². The highest BCUT2D eigenvalue weighted by atomic mass is 35.5. The van der Waals surface area contributed by atoms with Crippen LogP contribution in [0.15, 0.2) is 29.3 Å². The molecular weight excluding hydrogens is 334 g/mol. The lowest BCUT2D eigenvalue weighted by Crippen LogP contribution is -2.42. The van der Waals surface area contributed by atoms with Gasteiger partial charge < -0.3 is 10.6 Å². The van der Waals surface area contributed by atoms with Crippen LogP contribution in [0.3, 0.4) is 0 Å². The normalized spacial score (nSPS) is 13.0. The number of halogens is 1. The Labute approximate surface area is 144 Å². The van der Waals surface area contributed by atoms with Gasteiger partial charge in [-0.3, -0.25) is 4.99 Å². The van der Waals surface area contributed by atoms with E-state index in [0.29, 0.717) is 19.0 Å². The maximum Gasteiger partial charge on any atom is 0.191 e. The third kappa shape index (κ3) is 6.39. The Kier molecular flexibility index (Phi) is 7.35. The second-order valence-electron chi connectivity index (χ2n) is 6.20. The van der Waals surface area contributed by atoms with E-state index in [-0.39, 0.29) is 5.75 Å². The van der Waals surface area contributed by atoms with Gasteiger partial charge >= 0.3 is 0 Å². The van der Waals surface area contributed by atoms with Crippen molar-refractivity contribution in [3.05, 3.63) is 34.9 Å². The van der Waals surface area contributed by atoms with Crippen molar-refractivity contribution in [3.8, 4) is 0 Å². The first kappa shape index (κ1) is 19.8. The summed E-state index contributed by atoms with van der Waals surface area (Å²) in [6, 6.07) is 7.69. The van der Waals surface area contributed by atoms with Gasteiger partial charge in [-0.1, -0.05) is 29.8 Å². The largest absolute Gasteiger partial charge is 0.356 e. The molecule has 0 radical (unpaired) electrons. The average Bonchev–Trinajstić information content (AvgIpc) is 2.46. The molecule has 7 heteroatoms. The Balaban J connectivity index is 2.40. The zero-order chi connectivity index (χ0) is 17.5. The van der Waals surface area contributed by atoms with Crippen LogP contribution in [0.1, 0.15) is 26.3 Å². The molecule has 23 heavy (non-hydrogen) atoms. The van der Waals surface area contributed by atoms with Crippen LogP contribution in [-0.2, 0) is 16.3 Å². The van der Waals surface area contributed by atoms with E-state index < -0.39 is 14.6 Å². The second kappa shape index (κ2) is 8.55. The fourth-order valence-electron chi connectivity index (χ4n) is 1.85. The number of hydrogen-bond donors (Lipinski definition) is 2. The van der Waals surface area contributed by atoms with Crippen molar-refractivity contribution >= 4 is 27.4 Å². The van der Waals surface area contributed by atoms with E-state index >= 15 is 0 Å². The number of benzene rings is 1. The standard InChI is InChI=1S/C16H26ClN3O2S/c1-16(2,3)23(21,22)12-11-20-15(18-4)19-10-9-13-7-5-6-8-14(13)17/h5-8H,9-12H2,1-4H3,(H2,18,19,20). The first-order chi connectivity index (χ1) is 10.7. The Morgan fingerprint density at radius 2 is 1.78 bits per heavy atom. The zero-order valence-electron chi connectivity index (χ0n) is 14.2. The molecule has 0 saturated carbocycles. The quantitative estimate of drug-likeness (QED) is 0.603. The average molecular weight is 360 g/mol. The van der Waals surface area contributed by atoms with Gasteiger partial charge in [0, 0.05) is 25.2 Å². The van der Waals surface area contributed by atoms with Crippen LogP contribution in [0, 0.1) is 0 Å². The minimum atomic E-state index is -3.13. The smallest absolute Gasteiger partial charge is 0.191 e. The van der Waals surface area contributed by atoms with Crippen LogP contribution in [0.25, 0.3) is 0 Å². The number of nitrogens with zero attached hydrogens (tertiary/aromatic N) is 1. The lowest BCUT2D eigenvalue weighted by molar-refractivity contribution is 0.559. The third-order valence-corrected chi connectivity index (χ3v) is 6.44.